The Balaban J connectivity index is 1.11. The highest BCUT2D eigenvalue weighted by molar-refractivity contribution is 7.98. The first kappa shape index (κ1) is 22.4. The second-order valence-electron chi connectivity index (χ2n) is 9.04. The Labute approximate surface area is 221 Å². The van der Waals surface area contributed by atoms with Crippen molar-refractivity contribution in [3.63, 3.8) is 0 Å². The molecule has 4 heterocycles. The third-order valence-corrected chi connectivity index (χ3v) is 7.98. The number of para-hydroxylation sites is 1. The van der Waals surface area contributed by atoms with E-state index in [9.17, 15) is 0 Å². The van der Waals surface area contributed by atoms with Gasteiger partial charge in [0.25, 0.3) is 0 Å². The summed E-state index contributed by atoms with van der Waals surface area (Å²) in [5, 5.41) is 20.8. The van der Waals surface area contributed by atoms with E-state index in [4.69, 9.17) is 16.6 Å². The molecule has 0 radical (unpaired) electrons. The molecule has 1 fully saturated rings. The molecule has 0 aliphatic heterocycles. The minimum absolute atomic E-state index is 0.386. The number of nitrogens with zero attached hydrogens (tertiary/aromatic N) is 9. The highest BCUT2D eigenvalue weighted by atomic mass is 35.5. The van der Waals surface area contributed by atoms with Gasteiger partial charge in [0.05, 0.1) is 23.0 Å². The molecular weight excluding hydrogens is 506 g/mol. The van der Waals surface area contributed by atoms with Crippen LogP contribution in [0.4, 0.5) is 0 Å². The Kier molecular flexibility index (Phi) is 5.44. The molecule has 2 aromatic carbocycles. The lowest BCUT2D eigenvalue weighted by atomic mass is 10.1. The summed E-state index contributed by atoms with van der Waals surface area (Å²) < 4.78 is 5.75. The molecule has 6 aromatic rings. The van der Waals surface area contributed by atoms with E-state index in [1.807, 2.05) is 47.1 Å². The minimum atomic E-state index is 0.386. The van der Waals surface area contributed by atoms with Gasteiger partial charge >= 0.3 is 0 Å². The van der Waals surface area contributed by atoms with E-state index < -0.39 is 0 Å². The number of thioether (sulfide) groups is 1. The second-order valence-corrected chi connectivity index (χ2v) is 10.4. The van der Waals surface area contributed by atoms with Gasteiger partial charge in [0, 0.05) is 17.5 Å². The molecule has 1 aliphatic rings. The van der Waals surface area contributed by atoms with Crippen molar-refractivity contribution in [1.82, 2.24) is 44.1 Å². The Morgan fingerprint density at radius 1 is 1.00 bits per heavy atom. The summed E-state index contributed by atoms with van der Waals surface area (Å²) in [5.74, 6) is 3.20. The van der Waals surface area contributed by atoms with Crippen molar-refractivity contribution >= 4 is 40.0 Å². The lowest BCUT2D eigenvalue weighted by Crippen LogP contribution is -2.03. The maximum atomic E-state index is 6.06. The van der Waals surface area contributed by atoms with E-state index >= 15 is 0 Å². The molecule has 7 rings (SSSR count). The van der Waals surface area contributed by atoms with Crippen LogP contribution in [0.25, 0.3) is 22.4 Å². The van der Waals surface area contributed by atoms with Gasteiger partial charge in [0.2, 0.25) is 0 Å². The van der Waals surface area contributed by atoms with E-state index in [-0.39, 0.29) is 0 Å². The molecule has 0 saturated heterocycles. The molecule has 11 heteroatoms. The number of aromatic nitrogens is 9. The zero-order valence-electron chi connectivity index (χ0n) is 19.9. The van der Waals surface area contributed by atoms with Crippen molar-refractivity contribution in [2.45, 2.75) is 42.6 Å². The van der Waals surface area contributed by atoms with Crippen LogP contribution in [0.1, 0.15) is 42.4 Å². The zero-order chi connectivity index (χ0) is 24.9. The van der Waals surface area contributed by atoms with Crippen molar-refractivity contribution in [2.24, 2.45) is 0 Å². The molecule has 4 aromatic heterocycles. The Morgan fingerprint density at radius 3 is 2.65 bits per heavy atom. The molecule has 37 heavy (non-hydrogen) atoms. The molecule has 0 amide bonds. The second kappa shape index (κ2) is 8.97. The SMILES string of the molecule is CCn1c(SCc2nc3c4cnn(-c5ccccc5)c4ncn3n2)nnc1[C@H]1C[C@H]1c1ccc(Cl)cc1. The Bertz CT molecular complexity index is 1720. The summed E-state index contributed by atoms with van der Waals surface area (Å²) in [6.45, 7) is 2.95. The molecule has 9 nitrogen and oxygen atoms in total. The van der Waals surface area contributed by atoms with Gasteiger partial charge in [0.15, 0.2) is 22.3 Å². The summed E-state index contributed by atoms with van der Waals surface area (Å²) in [7, 11) is 0. The van der Waals surface area contributed by atoms with Gasteiger partial charge in [-0.2, -0.15) is 5.10 Å². The first-order valence-corrected chi connectivity index (χ1v) is 13.5. The van der Waals surface area contributed by atoms with E-state index in [2.05, 4.69) is 49.0 Å². The zero-order valence-corrected chi connectivity index (χ0v) is 21.5. The van der Waals surface area contributed by atoms with Gasteiger partial charge in [0.1, 0.15) is 12.2 Å². The van der Waals surface area contributed by atoms with Crippen molar-refractivity contribution in [2.75, 3.05) is 0 Å². The largest absolute Gasteiger partial charge is 0.306 e. The van der Waals surface area contributed by atoms with Crippen LogP contribution in [-0.4, -0.2) is 44.1 Å². The third-order valence-electron chi connectivity index (χ3n) is 6.76. The molecule has 0 spiro atoms. The monoisotopic (exact) mass is 527 g/mol. The average Bonchev–Trinajstić information content (AvgIpc) is 3.26. The van der Waals surface area contributed by atoms with Gasteiger partial charge in [-0.3, -0.25) is 0 Å². The normalized spacial score (nSPS) is 17.1. The highest BCUT2D eigenvalue weighted by Crippen LogP contribution is 2.54. The number of rotatable bonds is 7. The number of benzene rings is 2. The van der Waals surface area contributed by atoms with Crippen molar-refractivity contribution in [1.29, 1.82) is 0 Å². The molecule has 0 bridgehead atoms. The van der Waals surface area contributed by atoms with Crippen LogP contribution >= 0.6 is 23.4 Å². The Hall–Kier alpha value is -3.76. The third kappa shape index (κ3) is 3.96. The maximum absolute atomic E-state index is 6.06. The first-order valence-electron chi connectivity index (χ1n) is 12.1. The van der Waals surface area contributed by atoms with Crippen LogP contribution in [0.5, 0.6) is 0 Å². The van der Waals surface area contributed by atoms with Crippen LogP contribution in [0, 0.1) is 0 Å². The lowest BCUT2D eigenvalue weighted by molar-refractivity contribution is 0.640. The van der Waals surface area contributed by atoms with E-state index in [1.54, 1.807) is 28.8 Å². The number of fused-ring (bicyclic) bond motifs is 3. The van der Waals surface area contributed by atoms with Crippen LogP contribution in [0.2, 0.25) is 5.02 Å². The predicted octanol–water partition coefficient (Wildman–Crippen LogP) is 5.29. The van der Waals surface area contributed by atoms with Crippen LogP contribution in [-0.2, 0) is 12.3 Å². The Morgan fingerprint density at radius 2 is 1.84 bits per heavy atom. The van der Waals surface area contributed by atoms with E-state index in [0.717, 1.165) is 51.3 Å². The molecule has 0 N–H and O–H groups in total. The van der Waals surface area contributed by atoms with E-state index in [1.165, 1.54) is 5.56 Å². The summed E-state index contributed by atoms with van der Waals surface area (Å²) in [5.41, 5.74) is 3.75. The topological polar surface area (TPSA) is 91.6 Å². The first-order chi connectivity index (χ1) is 18.2. The summed E-state index contributed by atoms with van der Waals surface area (Å²) >= 11 is 7.66. The number of hydrogen-bond donors (Lipinski definition) is 0. The summed E-state index contributed by atoms with van der Waals surface area (Å²) in [6, 6.07) is 18.1. The van der Waals surface area contributed by atoms with Gasteiger partial charge in [-0.25, -0.2) is 19.2 Å². The average molecular weight is 528 g/mol. The fourth-order valence-corrected chi connectivity index (χ4v) is 5.83. The number of halogens is 1. The molecule has 2 atom stereocenters. The van der Waals surface area contributed by atoms with Crippen molar-refractivity contribution in [3.05, 3.63) is 89.4 Å². The molecule has 1 saturated carbocycles. The van der Waals surface area contributed by atoms with E-state index in [0.29, 0.717) is 23.4 Å². The van der Waals surface area contributed by atoms with Crippen LogP contribution in [0.15, 0.2) is 72.3 Å². The van der Waals surface area contributed by atoms with Crippen molar-refractivity contribution < 1.29 is 0 Å². The fourth-order valence-electron chi connectivity index (χ4n) is 4.85. The van der Waals surface area contributed by atoms with Gasteiger partial charge in [-0.15, -0.1) is 15.3 Å². The quantitative estimate of drug-likeness (QED) is 0.260. The fraction of sp³-hybridized carbons (Fsp3) is 0.231. The number of hydrogen-bond acceptors (Lipinski definition) is 7. The standard InChI is InChI=1S/C26H22ClN9S/c1-2-34-25(20-12-19(20)16-8-10-17(27)11-9-16)31-32-26(34)37-14-22-30-24-21-13-29-36(18-6-4-3-5-7-18)23(21)28-15-35(24)33-22/h3-11,13,15,19-20H,2,12,14H2,1H3/t19-,20-/m0/s1. The van der Waals surface area contributed by atoms with Gasteiger partial charge in [-0.05, 0) is 49.1 Å². The minimum Gasteiger partial charge on any atom is -0.306 e. The lowest BCUT2D eigenvalue weighted by Gasteiger charge is -2.06. The summed E-state index contributed by atoms with van der Waals surface area (Å²) in [6.07, 6.45) is 4.57. The smallest absolute Gasteiger partial charge is 0.191 e. The molecular formula is C26H22ClN9S. The molecule has 0 unspecified atom stereocenters. The molecule has 184 valence electrons. The molecule has 1 aliphatic carbocycles. The van der Waals surface area contributed by atoms with Gasteiger partial charge < -0.3 is 4.57 Å². The van der Waals surface area contributed by atoms with Crippen LogP contribution < -0.4 is 0 Å². The maximum Gasteiger partial charge on any atom is 0.191 e. The van der Waals surface area contributed by atoms with Crippen LogP contribution in [0.3, 0.4) is 0 Å². The predicted molar refractivity (Wildman–Crippen MR) is 142 cm³/mol. The van der Waals surface area contributed by atoms with Crippen molar-refractivity contribution in [3.8, 4) is 5.69 Å². The highest BCUT2D eigenvalue weighted by Gasteiger charge is 2.43. The van der Waals surface area contributed by atoms with Gasteiger partial charge in [-0.1, -0.05) is 53.7 Å². The summed E-state index contributed by atoms with van der Waals surface area (Å²) in [4.78, 5) is 9.39.